The Morgan fingerprint density at radius 2 is 1.93 bits per heavy atom. The molecule has 0 aromatic carbocycles. The molecular weight excluding hydrogens is 532 g/mol. The Bertz CT molecular complexity index is 1410. The zero-order chi connectivity index (χ0) is 29.7. The second-order valence-electron chi connectivity index (χ2n) is 12.1. The SMILES string of the molecule is CCOc1cc(-c2ccc(N3CCC(CC(=O)CC(C)(C)OC)(CN4CCOCC4)CC3)nc2)c2c(C#N)cnn2c1. The van der Waals surface area contributed by atoms with Crippen molar-refractivity contribution in [1.29, 1.82) is 5.26 Å². The molecule has 0 saturated carbocycles. The summed E-state index contributed by atoms with van der Waals surface area (Å²) < 4.78 is 18.6. The van der Waals surface area contributed by atoms with E-state index in [0.29, 0.717) is 30.8 Å². The number of ether oxygens (including phenoxy) is 3. The van der Waals surface area contributed by atoms with E-state index in [1.807, 2.05) is 45.2 Å². The first kappa shape index (κ1) is 30.0. The molecule has 0 spiro atoms. The van der Waals surface area contributed by atoms with Crippen LogP contribution >= 0.6 is 0 Å². The van der Waals surface area contributed by atoms with E-state index < -0.39 is 5.60 Å². The first-order chi connectivity index (χ1) is 20.2. The summed E-state index contributed by atoms with van der Waals surface area (Å²) in [5, 5.41) is 14.0. The van der Waals surface area contributed by atoms with Gasteiger partial charge in [-0.2, -0.15) is 10.4 Å². The minimum absolute atomic E-state index is 0.0737. The predicted molar refractivity (Wildman–Crippen MR) is 161 cm³/mol. The monoisotopic (exact) mass is 574 g/mol. The van der Waals surface area contributed by atoms with Crippen LogP contribution in [-0.4, -0.2) is 90.5 Å². The summed E-state index contributed by atoms with van der Waals surface area (Å²) in [6.07, 6.45) is 8.06. The van der Waals surface area contributed by atoms with Crippen LogP contribution in [0.3, 0.4) is 0 Å². The molecule has 0 bridgehead atoms. The molecule has 3 aromatic rings. The van der Waals surface area contributed by atoms with Crippen molar-refractivity contribution in [3.05, 3.63) is 42.4 Å². The lowest BCUT2D eigenvalue weighted by molar-refractivity contribution is -0.127. The third kappa shape index (κ3) is 6.75. The number of rotatable bonds is 11. The Labute approximate surface area is 248 Å². The Morgan fingerprint density at radius 3 is 2.57 bits per heavy atom. The van der Waals surface area contributed by atoms with Gasteiger partial charge in [0.15, 0.2) is 0 Å². The zero-order valence-corrected chi connectivity index (χ0v) is 25.3. The van der Waals surface area contributed by atoms with Gasteiger partial charge in [-0.1, -0.05) is 0 Å². The third-order valence-electron chi connectivity index (χ3n) is 8.64. The van der Waals surface area contributed by atoms with Crippen molar-refractivity contribution in [3.8, 4) is 22.9 Å². The van der Waals surface area contributed by atoms with Crippen LogP contribution in [0.1, 0.15) is 52.0 Å². The first-order valence-corrected chi connectivity index (χ1v) is 14.9. The predicted octanol–water partition coefficient (Wildman–Crippen LogP) is 4.36. The largest absolute Gasteiger partial charge is 0.492 e. The number of hydrogen-bond donors (Lipinski definition) is 0. The van der Waals surface area contributed by atoms with Crippen molar-refractivity contribution in [3.63, 3.8) is 0 Å². The van der Waals surface area contributed by atoms with Gasteiger partial charge in [-0.05, 0) is 57.2 Å². The van der Waals surface area contributed by atoms with Gasteiger partial charge in [0.05, 0.1) is 48.9 Å². The van der Waals surface area contributed by atoms with Gasteiger partial charge in [0.25, 0.3) is 0 Å². The summed E-state index contributed by atoms with van der Waals surface area (Å²) >= 11 is 0. The maximum absolute atomic E-state index is 13.3. The normalized spacial score (nSPS) is 17.7. The average Bonchev–Trinajstić information content (AvgIpc) is 3.41. The number of piperidine rings is 1. The van der Waals surface area contributed by atoms with Crippen molar-refractivity contribution >= 4 is 17.1 Å². The molecule has 0 amide bonds. The van der Waals surface area contributed by atoms with E-state index in [2.05, 4.69) is 21.0 Å². The zero-order valence-electron chi connectivity index (χ0n) is 25.3. The molecule has 0 atom stereocenters. The molecule has 2 fully saturated rings. The van der Waals surface area contributed by atoms with Crippen molar-refractivity contribution in [2.45, 2.75) is 52.1 Å². The number of Topliss-reactive ketones (excluding diaryl/α,β-unsaturated/α-hetero) is 1. The van der Waals surface area contributed by atoms with E-state index >= 15 is 0 Å². The van der Waals surface area contributed by atoms with Crippen LogP contribution in [0.25, 0.3) is 16.6 Å². The summed E-state index contributed by atoms with van der Waals surface area (Å²) in [5.74, 6) is 1.87. The number of aromatic nitrogens is 3. The fourth-order valence-corrected chi connectivity index (χ4v) is 6.24. The van der Waals surface area contributed by atoms with Crippen LogP contribution in [0.5, 0.6) is 5.75 Å². The number of fused-ring (bicyclic) bond motifs is 1. The summed E-state index contributed by atoms with van der Waals surface area (Å²) in [6.45, 7) is 12.3. The first-order valence-electron chi connectivity index (χ1n) is 14.9. The van der Waals surface area contributed by atoms with Gasteiger partial charge in [-0.3, -0.25) is 9.69 Å². The van der Waals surface area contributed by atoms with Gasteiger partial charge in [0.1, 0.15) is 23.4 Å². The second-order valence-corrected chi connectivity index (χ2v) is 12.1. The Morgan fingerprint density at radius 1 is 1.17 bits per heavy atom. The summed E-state index contributed by atoms with van der Waals surface area (Å²) in [4.78, 5) is 22.9. The number of ketones is 1. The molecule has 3 aromatic heterocycles. The lowest BCUT2D eigenvalue weighted by Crippen LogP contribution is -2.50. The van der Waals surface area contributed by atoms with Crippen molar-refractivity contribution < 1.29 is 19.0 Å². The van der Waals surface area contributed by atoms with Gasteiger partial charge in [-0.15, -0.1) is 0 Å². The Balaban J connectivity index is 1.33. The minimum atomic E-state index is -0.456. The molecule has 2 saturated heterocycles. The molecule has 5 heterocycles. The minimum Gasteiger partial charge on any atom is -0.492 e. The summed E-state index contributed by atoms with van der Waals surface area (Å²) in [6, 6.07) is 8.29. The molecule has 2 aliphatic heterocycles. The highest BCUT2D eigenvalue weighted by atomic mass is 16.5. The van der Waals surface area contributed by atoms with Crippen LogP contribution in [0.15, 0.2) is 36.8 Å². The van der Waals surface area contributed by atoms with Crippen LogP contribution < -0.4 is 9.64 Å². The number of pyridine rings is 2. The number of carbonyl (C=O) groups is 1. The number of nitrogens with zero attached hydrogens (tertiary/aromatic N) is 6. The number of methoxy groups -OCH3 is 1. The van der Waals surface area contributed by atoms with Crippen LogP contribution in [-0.2, 0) is 14.3 Å². The lowest BCUT2D eigenvalue weighted by atomic mass is 9.73. The molecule has 224 valence electrons. The third-order valence-corrected chi connectivity index (χ3v) is 8.64. The smallest absolute Gasteiger partial charge is 0.138 e. The maximum Gasteiger partial charge on any atom is 0.138 e. The van der Waals surface area contributed by atoms with E-state index in [0.717, 1.165) is 81.2 Å². The molecule has 0 radical (unpaired) electrons. The van der Waals surface area contributed by atoms with Crippen molar-refractivity contribution in [2.75, 3.05) is 64.6 Å². The second kappa shape index (κ2) is 12.8. The van der Waals surface area contributed by atoms with E-state index in [9.17, 15) is 10.1 Å². The molecule has 0 aliphatic carbocycles. The molecule has 10 heteroatoms. The molecule has 42 heavy (non-hydrogen) atoms. The van der Waals surface area contributed by atoms with Crippen LogP contribution in [0.4, 0.5) is 5.82 Å². The Kier molecular flexibility index (Phi) is 9.11. The summed E-state index contributed by atoms with van der Waals surface area (Å²) in [5.41, 5.74) is 2.47. The van der Waals surface area contributed by atoms with Crippen molar-refractivity contribution in [1.82, 2.24) is 19.5 Å². The molecular formula is C32H42N6O4. The van der Waals surface area contributed by atoms with E-state index in [1.165, 1.54) is 0 Å². The van der Waals surface area contributed by atoms with E-state index in [4.69, 9.17) is 19.2 Å². The van der Waals surface area contributed by atoms with Crippen LogP contribution in [0, 0.1) is 16.7 Å². The van der Waals surface area contributed by atoms with E-state index in [-0.39, 0.29) is 11.2 Å². The highest BCUT2D eigenvalue weighted by Gasteiger charge is 2.39. The molecule has 2 aliphatic rings. The summed E-state index contributed by atoms with van der Waals surface area (Å²) in [7, 11) is 1.67. The maximum atomic E-state index is 13.3. The van der Waals surface area contributed by atoms with Crippen molar-refractivity contribution in [2.24, 2.45) is 5.41 Å². The van der Waals surface area contributed by atoms with Gasteiger partial charge >= 0.3 is 0 Å². The molecule has 0 unspecified atom stereocenters. The van der Waals surface area contributed by atoms with Gasteiger partial charge < -0.3 is 19.1 Å². The van der Waals surface area contributed by atoms with Crippen LogP contribution in [0.2, 0.25) is 0 Å². The number of morpholine rings is 1. The number of nitriles is 1. The Hall–Kier alpha value is -3.52. The molecule has 5 rings (SSSR count). The number of carbonyl (C=O) groups excluding carboxylic acids is 1. The average molecular weight is 575 g/mol. The standard InChI is InChI=1S/C32H42N6O4/c1-5-42-27-16-28(30-25(19-33)21-35-38(30)22-27)24-6-7-29(34-20-24)37-10-8-32(9-11-37,23-36-12-14-41-15-13-36)18-26(39)17-31(2,3)40-4/h6-7,16,20-22H,5,8-15,17-18,23H2,1-4H3. The fraction of sp³-hybridized carbons (Fsp3) is 0.562. The number of hydrogen-bond acceptors (Lipinski definition) is 9. The lowest BCUT2D eigenvalue weighted by Gasteiger charge is -2.45. The molecule has 10 nitrogen and oxygen atoms in total. The fourth-order valence-electron chi connectivity index (χ4n) is 6.24. The molecule has 0 N–H and O–H groups in total. The van der Waals surface area contributed by atoms with Gasteiger partial charge in [0, 0.05) is 70.0 Å². The van der Waals surface area contributed by atoms with E-state index in [1.54, 1.807) is 24.0 Å². The number of anilines is 1. The topological polar surface area (TPSA) is 105 Å². The highest BCUT2D eigenvalue weighted by Crippen LogP contribution is 2.39. The van der Waals surface area contributed by atoms with Gasteiger partial charge in [-0.25, -0.2) is 9.50 Å². The highest BCUT2D eigenvalue weighted by molar-refractivity contribution is 5.85. The quantitative estimate of drug-likeness (QED) is 0.330. The van der Waals surface area contributed by atoms with Gasteiger partial charge in [0.2, 0.25) is 0 Å².